The monoisotopic (exact) mass is 248 g/mol. The van der Waals surface area contributed by atoms with Crippen molar-refractivity contribution < 1.29 is 14.7 Å². The van der Waals surface area contributed by atoms with Crippen LogP contribution < -0.4 is 0 Å². The van der Waals surface area contributed by atoms with Crippen LogP contribution in [0.5, 0.6) is 0 Å². The summed E-state index contributed by atoms with van der Waals surface area (Å²) in [6.45, 7) is 3.81. The molecule has 0 aliphatic carbocycles. The van der Waals surface area contributed by atoms with Crippen LogP contribution in [0.3, 0.4) is 0 Å². The van der Waals surface area contributed by atoms with Crippen LogP contribution in [0.1, 0.15) is 43.5 Å². The Labute approximate surface area is 108 Å². The molecule has 0 saturated carbocycles. The lowest BCUT2D eigenvalue weighted by Gasteiger charge is -2.21. The molecule has 0 saturated heterocycles. The molecule has 2 atom stereocenters. The van der Waals surface area contributed by atoms with Crippen LogP contribution in [0, 0.1) is 11.8 Å². The average Bonchev–Trinajstić information content (AvgIpc) is 2.39. The van der Waals surface area contributed by atoms with Gasteiger partial charge in [-0.3, -0.25) is 9.59 Å². The number of hydrogen-bond donors (Lipinski definition) is 1. The molecule has 0 radical (unpaired) electrons. The maximum Gasteiger partial charge on any atom is 0.307 e. The molecule has 0 aromatic heterocycles. The number of hydrogen-bond acceptors (Lipinski definition) is 2. The summed E-state index contributed by atoms with van der Waals surface area (Å²) in [5.74, 6) is -1.93. The number of ketones is 1. The van der Waals surface area contributed by atoms with E-state index in [1.807, 2.05) is 19.9 Å². The summed E-state index contributed by atoms with van der Waals surface area (Å²) in [5, 5.41) is 9.25. The van der Waals surface area contributed by atoms with E-state index in [9.17, 15) is 14.7 Å². The molecule has 2 unspecified atom stereocenters. The van der Waals surface area contributed by atoms with Gasteiger partial charge in [0.1, 0.15) is 0 Å². The van der Waals surface area contributed by atoms with Gasteiger partial charge in [-0.2, -0.15) is 0 Å². The van der Waals surface area contributed by atoms with E-state index in [0.717, 1.165) is 6.42 Å². The van der Waals surface area contributed by atoms with Gasteiger partial charge in [-0.05, 0) is 12.8 Å². The minimum Gasteiger partial charge on any atom is -0.481 e. The third kappa shape index (κ3) is 3.42. The Bertz CT molecular complexity index is 397. The quantitative estimate of drug-likeness (QED) is 0.752. The molecule has 3 heteroatoms. The van der Waals surface area contributed by atoms with E-state index in [1.54, 1.807) is 24.3 Å². The van der Waals surface area contributed by atoms with Gasteiger partial charge >= 0.3 is 5.97 Å². The van der Waals surface area contributed by atoms with Crippen LogP contribution in [0.15, 0.2) is 30.3 Å². The molecular weight excluding hydrogens is 228 g/mol. The molecule has 1 aromatic rings. The minimum absolute atomic E-state index is 0.0565. The van der Waals surface area contributed by atoms with Crippen molar-refractivity contribution in [3.63, 3.8) is 0 Å². The summed E-state index contributed by atoms with van der Waals surface area (Å²) < 4.78 is 0. The molecule has 0 fully saturated rings. The molecular formula is C15H20O3. The van der Waals surface area contributed by atoms with Gasteiger partial charge in [0.2, 0.25) is 0 Å². The Balaban J connectivity index is 2.94. The molecule has 0 aliphatic heterocycles. The van der Waals surface area contributed by atoms with E-state index in [4.69, 9.17) is 0 Å². The van der Waals surface area contributed by atoms with Gasteiger partial charge in [-0.25, -0.2) is 0 Å². The lowest BCUT2D eigenvalue weighted by atomic mass is 9.81. The first-order chi connectivity index (χ1) is 8.61. The average molecular weight is 248 g/mol. The predicted molar refractivity (Wildman–Crippen MR) is 70.6 cm³/mol. The van der Waals surface area contributed by atoms with E-state index in [-0.39, 0.29) is 5.78 Å². The zero-order chi connectivity index (χ0) is 13.5. The molecule has 0 spiro atoms. The normalized spacial score (nSPS) is 13.9. The first-order valence-electron chi connectivity index (χ1n) is 6.43. The minimum atomic E-state index is -0.868. The first kappa shape index (κ1) is 14.4. The van der Waals surface area contributed by atoms with Gasteiger partial charge in [0.25, 0.3) is 0 Å². The van der Waals surface area contributed by atoms with Crippen molar-refractivity contribution in [3.8, 4) is 0 Å². The van der Waals surface area contributed by atoms with Gasteiger partial charge < -0.3 is 5.11 Å². The number of carbonyl (C=O) groups excluding carboxylic acids is 1. The smallest absolute Gasteiger partial charge is 0.307 e. The third-order valence-electron chi connectivity index (χ3n) is 3.24. The molecule has 3 nitrogen and oxygen atoms in total. The molecule has 0 bridgehead atoms. The summed E-state index contributed by atoms with van der Waals surface area (Å²) in [6.07, 6.45) is 1.88. The molecule has 1 aromatic carbocycles. The van der Waals surface area contributed by atoms with E-state index < -0.39 is 17.8 Å². The van der Waals surface area contributed by atoms with E-state index in [1.165, 1.54) is 0 Å². The number of benzene rings is 1. The highest BCUT2D eigenvalue weighted by Crippen LogP contribution is 2.25. The van der Waals surface area contributed by atoms with Crippen molar-refractivity contribution in [2.24, 2.45) is 11.8 Å². The van der Waals surface area contributed by atoms with E-state index in [0.29, 0.717) is 18.4 Å². The highest BCUT2D eigenvalue weighted by atomic mass is 16.4. The Hall–Kier alpha value is -1.64. The lowest BCUT2D eigenvalue weighted by molar-refractivity contribution is -0.143. The fraction of sp³-hybridized carbons (Fsp3) is 0.467. The summed E-state index contributed by atoms with van der Waals surface area (Å²) >= 11 is 0. The number of aliphatic carboxylic acids is 1. The lowest BCUT2D eigenvalue weighted by Crippen LogP contribution is -2.29. The first-order valence-corrected chi connectivity index (χ1v) is 6.43. The van der Waals surface area contributed by atoms with Crippen LogP contribution in [0.25, 0.3) is 0 Å². The summed E-state index contributed by atoms with van der Waals surface area (Å²) in [7, 11) is 0. The molecule has 98 valence electrons. The van der Waals surface area contributed by atoms with Gasteiger partial charge in [0.05, 0.1) is 5.92 Å². The molecule has 1 rings (SSSR count). The second kappa shape index (κ2) is 6.94. The zero-order valence-electron chi connectivity index (χ0n) is 10.9. The van der Waals surface area contributed by atoms with Crippen molar-refractivity contribution in [2.75, 3.05) is 0 Å². The maximum atomic E-state index is 12.3. The number of carboxylic acid groups (broad SMARTS) is 1. The van der Waals surface area contributed by atoms with Crippen molar-refractivity contribution in [3.05, 3.63) is 35.9 Å². The molecule has 0 heterocycles. The highest BCUT2D eigenvalue weighted by molar-refractivity contribution is 5.99. The second-order valence-electron chi connectivity index (χ2n) is 4.48. The fourth-order valence-electron chi connectivity index (χ4n) is 2.28. The highest BCUT2D eigenvalue weighted by Gasteiger charge is 2.31. The van der Waals surface area contributed by atoms with Gasteiger partial charge in [0.15, 0.2) is 5.78 Å². The molecule has 18 heavy (non-hydrogen) atoms. The number of rotatable bonds is 7. The van der Waals surface area contributed by atoms with Crippen LogP contribution in [0.2, 0.25) is 0 Å². The molecule has 1 N–H and O–H groups in total. The van der Waals surface area contributed by atoms with Crippen molar-refractivity contribution in [1.29, 1.82) is 0 Å². The number of Topliss-reactive ketones (excluding diaryl/α,β-unsaturated/α-hetero) is 1. The van der Waals surface area contributed by atoms with Crippen molar-refractivity contribution in [1.82, 2.24) is 0 Å². The predicted octanol–water partition coefficient (Wildman–Crippen LogP) is 3.40. The number of carboxylic acids is 1. The largest absolute Gasteiger partial charge is 0.481 e. The van der Waals surface area contributed by atoms with Crippen LogP contribution >= 0.6 is 0 Å². The van der Waals surface area contributed by atoms with Gasteiger partial charge in [-0.15, -0.1) is 0 Å². The van der Waals surface area contributed by atoms with Crippen LogP contribution in [-0.2, 0) is 4.79 Å². The van der Waals surface area contributed by atoms with Crippen LogP contribution in [0.4, 0.5) is 0 Å². The van der Waals surface area contributed by atoms with Crippen LogP contribution in [-0.4, -0.2) is 16.9 Å². The standard InChI is InChI=1S/C15H20O3/c1-3-8-13(15(17)18)12(4-2)14(16)11-9-6-5-7-10-11/h5-7,9-10,12-13H,3-4,8H2,1-2H3,(H,17,18). The Morgan fingerprint density at radius 3 is 2.17 bits per heavy atom. The summed E-state index contributed by atoms with van der Waals surface area (Å²) in [5.41, 5.74) is 0.603. The second-order valence-corrected chi connectivity index (χ2v) is 4.48. The third-order valence-corrected chi connectivity index (χ3v) is 3.24. The Kier molecular flexibility index (Phi) is 5.56. The van der Waals surface area contributed by atoms with Gasteiger partial charge in [0, 0.05) is 11.5 Å². The van der Waals surface area contributed by atoms with Gasteiger partial charge in [-0.1, -0.05) is 50.6 Å². The Morgan fingerprint density at radius 2 is 1.72 bits per heavy atom. The SMILES string of the molecule is CCCC(C(=O)O)C(CC)C(=O)c1ccccc1. The van der Waals surface area contributed by atoms with E-state index >= 15 is 0 Å². The topological polar surface area (TPSA) is 54.4 Å². The maximum absolute atomic E-state index is 12.3. The Morgan fingerprint density at radius 1 is 1.11 bits per heavy atom. The van der Waals surface area contributed by atoms with Crippen molar-refractivity contribution >= 4 is 11.8 Å². The van der Waals surface area contributed by atoms with Crippen molar-refractivity contribution in [2.45, 2.75) is 33.1 Å². The fourth-order valence-corrected chi connectivity index (χ4v) is 2.28. The van der Waals surface area contributed by atoms with E-state index in [2.05, 4.69) is 0 Å². The summed E-state index contributed by atoms with van der Waals surface area (Å²) in [6, 6.07) is 8.94. The summed E-state index contributed by atoms with van der Waals surface area (Å²) in [4.78, 5) is 23.6. The zero-order valence-corrected chi connectivity index (χ0v) is 10.9. The molecule has 0 amide bonds. The number of carbonyl (C=O) groups is 2. The molecule has 0 aliphatic rings.